The second-order valence-corrected chi connectivity index (χ2v) is 5.60. The zero-order chi connectivity index (χ0) is 16.5. The van der Waals surface area contributed by atoms with E-state index < -0.39 is 0 Å². The number of aryl methyl sites for hydroxylation is 1. The van der Waals surface area contributed by atoms with E-state index in [2.05, 4.69) is 41.5 Å². The lowest BCUT2D eigenvalue weighted by molar-refractivity contribution is -0.114. The maximum absolute atomic E-state index is 11.5. The zero-order valence-corrected chi connectivity index (χ0v) is 13.2. The lowest BCUT2D eigenvalue weighted by atomic mass is 10.3. The van der Waals surface area contributed by atoms with Gasteiger partial charge in [-0.3, -0.25) is 4.79 Å². The molecule has 1 aliphatic rings. The molecule has 2 aromatic heterocycles. The number of para-hydroxylation sites is 2. The van der Waals surface area contributed by atoms with Crippen LogP contribution in [0.2, 0.25) is 0 Å². The van der Waals surface area contributed by atoms with Gasteiger partial charge in [0.05, 0.1) is 17.6 Å². The average Bonchev–Trinajstić information content (AvgIpc) is 2.92. The Balaban J connectivity index is 1.50. The number of nitrogens with one attached hydrogen (secondary N) is 3. The van der Waals surface area contributed by atoms with Crippen molar-refractivity contribution in [3.8, 4) is 0 Å². The van der Waals surface area contributed by atoms with E-state index >= 15 is 0 Å². The van der Waals surface area contributed by atoms with Crippen LogP contribution >= 0.6 is 0 Å². The second kappa shape index (κ2) is 5.80. The maximum Gasteiger partial charge on any atom is 0.243 e. The molecule has 0 aliphatic carbocycles. The van der Waals surface area contributed by atoms with E-state index in [9.17, 15) is 4.79 Å². The van der Waals surface area contributed by atoms with Crippen molar-refractivity contribution in [1.29, 1.82) is 0 Å². The lowest BCUT2D eigenvalue weighted by Crippen LogP contribution is -2.29. The molecule has 0 atom stereocenters. The number of fused-ring (bicyclic) bond motifs is 2. The number of hydrogen-bond acceptors (Lipinski definition) is 6. The van der Waals surface area contributed by atoms with E-state index in [0.29, 0.717) is 23.9 Å². The van der Waals surface area contributed by atoms with E-state index in [1.54, 1.807) is 0 Å². The van der Waals surface area contributed by atoms with Gasteiger partial charge in [-0.15, -0.1) is 0 Å². The zero-order valence-electron chi connectivity index (χ0n) is 13.2. The fraction of sp³-hybridized carbons (Fsp3) is 0.250. The molecule has 0 radical (unpaired) electrons. The van der Waals surface area contributed by atoms with Crippen molar-refractivity contribution in [2.24, 2.45) is 7.05 Å². The SMILES string of the molecule is Cn1c(CCNc2ncnc3c2NC(=O)CN3)nc2ccccc21. The van der Waals surface area contributed by atoms with Crippen LogP contribution in [-0.2, 0) is 18.3 Å². The molecule has 8 heteroatoms. The van der Waals surface area contributed by atoms with E-state index in [1.165, 1.54) is 6.33 Å². The molecule has 1 amide bonds. The van der Waals surface area contributed by atoms with E-state index in [0.717, 1.165) is 23.3 Å². The van der Waals surface area contributed by atoms with Crippen molar-refractivity contribution in [3.05, 3.63) is 36.4 Å². The first kappa shape index (κ1) is 14.4. The molecule has 0 unspecified atom stereocenters. The minimum atomic E-state index is -0.101. The van der Waals surface area contributed by atoms with Gasteiger partial charge in [-0.2, -0.15) is 0 Å². The van der Waals surface area contributed by atoms with Gasteiger partial charge in [0, 0.05) is 20.0 Å². The standard InChI is InChI=1S/C16H17N7O/c1-23-11-5-3-2-4-10(11)21-12(23)6-7-17-15-14-16(20-9-19-15)18-8-13(24)22-14/h2-5,9H,6-8H2,1H3,(H,22,24)(H2,17,18,19,20). The average molecular weight is 323 g/mol. The fourth-order valence-electron chi connectivity index (χ4n) is 2.83. The quantitative estimate of drug-likeness (QED) is 0.671. The number of hydrogen-bond donors (Lipinski definition) is 3. The molecule has 0 bridgehead atoms. The van der Waals surface area contributed by atoms with Gasteiger partial charge in [0.1, 0.15) is 17.8 Å². The Morgan fingerprint density at radius 3 is 3.04 bits per heavy atom. The summed E-state index contributed by atoms with van der Waals surface area (Å²) < 4.78 is 2.09. The Bertz CT molecular complexity index is 918. The Morgan fingerprint density at radius 1 is 1.29 bits per heavy atom. The van der Waals surface area contributed by atoms with Gasteiger partial charge in [-0.05, 0) is 12.1 Å². The Morgan fingerprint density at radius 2 is 2.17 bits per heavy atom. The predicted molar refractivity (Wildman–Crippen MR) is 92.1 cm³/mol. The van der Waals surface area contributed by atoms with Crippen LogP contribution in [0, 0.1) is 0 Å². The number of anilines is 3. The predicted octanol–water partition coefficient (Wildman–Crippen LogP) is 1.38. The summed E-state index contributed by atoms with van der Waals surface area (Å²) >= 11 is 0. The largest absolute Gasteiger partial charge is 0.368 e. The molecule has 4 rings (SSSR count). The summed E-state index contributed by atoms with van der Waals surface area (Å²) in [7, 11) is 2.02. The van der Waals surface area contributed by atoms with Gasteiger partial charge in [0.15, 0.2) is 11.6 Å². The monoisotopic (exact) mass is 323 g/mol. The first-order chi connectivity index (χ1) is 11.7. The third-order valence-corrected chi connectivity index (χ3v) is 4.05. The number of imidazole rings is 1. The first-order valence-electron chi connectivity index (χ1n) is 7.75. The third-order valence-electron chi connectivity index (χ3n) is 4.05. The topological polar surface area (TPSA) is 96.8 Å². The van der Waals surface area contributed by atoms with Crippen molar-refractivity contribution < 1.29 is 4.79 Å². The van der Waals surface area contributed by atoms with E-state index in [4.69, 9.17) is 0 Å². The van der Waals surface area contributed by atoms with Crippen LogP contribution in [0.5, 0.6) is 0 Å². The van der Waals surface area contributed by atoms with Crippen LogP contribution in [-0.4, -0.2) is 38.5 Å². The Labute approximate surface area is 138 Å². The minimum absolute atomic E-state index is 0.101. The van der Waals surface area contributed by atoms with Crippen molar-refractivity contribution >= 4 is 34.3 Å². The number of amides is 1. The van der Waals surface area contributed by atoms with Crippen LogP contribution in [0.4, 0.5) is 17.3 Å². The smallest absolute Gasteiger partial charge is 0.243 e. The number of carbonyl (C=O) groups is 1. The number of benzene rings is 1. The van der Waals surface area contributed by atoms with Crippen LogP contribution in [0.15, 0.2) is 30.6 Å². The highest BCUT2D eigenvalue weighted by Crippen LogP contribution is 2.28. The minimum Gasteiger partial charge on any atom is -0.368 e. The molecule has 3 aromatic rings. The Hall–Kier alpha value is -3.16. The summed E-state index contributed by atoms with van der Waals surface area (Å²) in [6.45, 7) is 0.875. The van der Waals surface area contributed by atoms with Crippen molar-refractivity contribution in [2.75, 3.05) is 29.0 Å². The summed E-state index contributed by atoms with van der Waals surface area (Å²) in [4.78, 5) is 24.5. The summed E-state index contributed by atoms with van der Waals surface area (Å²) in [5, 5.41) is 9.02. The summed E-state index contributed by atoms with van der Waals surface area (Å²) in [6.07, 6.45) is 2.21. The second-order valence-electron chi connectivity index (χ2n) is 5.60. The lowest BCUT2D eigenvalue weighted by Gasteiger charge is -2.19. The molecule has 8 nitrogen and oxygen atoms in total. The molecule has 0 saturated carbocycles. The molecule has 1 aliphatic heterocycles. The van der Waals surface area contributed by atoms with Gasteiger partial charge in [-0.1, -0.05) is 12.1 Å². The van der Waals surface area contributed by atoms with E-state index in [-0.39, 0.29) is 12.5 Å². The number of rotatable bonds is 4. The molecule has 0 spiro atoms. The highest BCUT2D eigenvalue weighted by atomic mass is 16.2. The van der Waals surface area contributed by atoms with E-state index in [1.807, 2.05) is 25.2 Å². The molecule has 24 heavy (non-hydrogen) atoms. The molecule has 1 aromatic carbocycles. The molecule has 0 saturated heterocycles. The molecule has 3 heterocycles. The van der Waals surface area contributed by atoms with Gasteiger partial charge in [0.25, 0.3) is 0 Å². The van der Waals surface area contributed by atoms with Crippen molar-refractivity contribution in [2.45, 2.75) is 6.42 Å². The van der Waals surface area contributed by atoms with Crippen LogP contribution in [0.3, 0.4) is 0 Å². The van der Waals surface area contributed by atoms with Gasteiger partial charge < -0.3 is 20.5 Å². The van der Waals surface area contributed by atoms with Crippen molar-refractivity contribution in [3.63, 3.8) is 0 Å². The number of nitrogens with zero attached hydrogens (tertiary/aromatic N) is 4. The van der Waals surface area contributed by atoms with Crippen molar-refractivity contribution in [1.82, 2.24) is 19.5 Å². The molecular formula is C16H17N7O. The highest BCUT2D eigenvalue weighted by molar-refractivity contribution is 6.02. The summed E-state index contributed by atoms with van der Waals surface area (Å²) in [5.74, 6) is 2.14. The van der Waals surface area contributed by atoms with Gasteiger partial charge in [0.2, 0.25) is 5.91 Å². The molecule has 0 fully saturated rings. The summed E-state index contributed by atoms with van der Waals surface area (Å²) in [6, 6.07) is 8.06. The van der Waals surface area contributed by atoms with Crippen LogP contribution in [0.1, 0.15) is 5.82 Å². The third kappa shape index (κ3) is 2.51. The van der Waals surface area contributed by atoms with Gasteiger partial charge >= 0.3 is 0 Å². The first-order valence-corrected chi connectivity index (χ1v) is 7.75. The molecule has 122 valence electrons. The Kier molecular flexibility index (Phi) is 3.49. The molecule has 3 N–H and O–H groups in total. The normalized spacial score (nSPS) is 13.3. The number of carbonyl (C=O) groups excluding carboxylic acids is 1. The fourth-order valence-corrected chi connectivity index (χ4v) is 2.83. The number of aromatic nitrogens is 4. The van der Waals surface area contributed by atoms with Crippen LogP contribution < -0.4 is 16.0 Å². The maximum atomic E-state index is 11.5. The van der Waals surface area contributed by atoms with Gasteiger partial charge in [-0.25, -0.2) is 15.0 Å². The molecular weight excluding hydrogens is 306 g/mol. The van der Waals surface area contributed by atoms with Crippen LogP contribution in [0.25, 0.3) is 11.0 Å². The summed E-state index contributed by atoms with van der Waals surface area (Å²) in [5.41, 5.74) is 2.70. The highest BCUT2D eigenvalue weighted by Gasteiger charge is 2.19.